The number of aryl methyl sites for hydroxylation is 1. The first-order valence-corrected chi connectivity index (χ1v) is 6.81. The summed E-state index contributed by atoms with van der Waals surface area (Å²) in [7, 11) is 0. The second-order valence-corrected chi connectivity index (χ2v) is 4.61. The van der Waals surface area contributed by atoms with Gasteiger partial charge in [-0.3, -0.25) is 0 Å². The third-order valence-corrected chi connectivity index (χ3v) is 3.12. The lowest BCUT2D eigenvalue weighted by molar-refractivity contribution is 0.466. The molecule has 0 aliphatic rings. The van der Waals surface area contributed by atoms with Gasteiger partial charge < -0.3 is 5.11 Å². The molecule has 2 heteroatoms. The zero-order chi connectivity index (χ0) is 13.1. The zero-order valence-electron chi connectivity index (χ0n) is 10.9. The van der Waals surface area contributed by atoms with Crippen LogP contribution in [0.1, 0.15) is 50.5 Å². The summed E-state index contributed by atoms with van der Waals surface area (Å²) in [4.78, 5) is 9.94. The first-order valence-electron chi connectivity index (χ1n) is 6.81. The van der Waals surface area contributed by atoms with Gasteiger partial charge in [-0.05, 0) is 43.4 Å². The summed E-state index contributed by atoms with van der Waals surface area (Å²) in [6.45, 7) is 0. The second kappa shape index (κ2) is 9.49. The number of aromatic hydroxyl groups is 1. The number of hydrogen-bond donors (Lipinski definition) is 1. The lowest BCUT2D eigenvalue weighted by Gasteiger charge is -2.04. The Morgan fingerprint density at radius 2 is 1.67 bits per heavy atom. The van der Waals surface area contributed by atoms with E-state index in [9.17, 15) is 9.90 Å². The number of phenols is 1. The minimum Gasteiger partial charge on any atom is -0.508 e. The number of para-hydroxylation sites is 1. The van der Waals surface area contributed by atoms with E-state index in [-0.39, 0.29) is 0 Å². The van der Waals surface area contributed by atoms with Crippen LogP contribution in [0.15, 0.2) is 30.3 Å². The van der Waals surface area contributed by atoms with Crippen LogP contribution in [-0.4, -0.2) is 11.0 Å². The maximum absolute atomic E-state index is 9.94. The molecular weight excluding hydrogens is 224 g/mol. The Labute approximate surface area is 109 Å². The van der Waals surface area contributed by atoms with Gasteiger partial charge in [-0.2, -0.15) is 0 Å². The van der Waals surface area contributed by atoms with Crippen LogP contribution in [0.3, 0.4) is 0 Å². The molecule has 98 valence electrons. The number of allylic oxidation sites excluding steroid dienone is 1. The van der Waals surface area contributed by atoms with Gasteiger partial charge in [0.2, 0.25) is 0 Å². The Balaban J connectivity index is 1.99. The molecule has 0 aliphatic heterocycles. The molecule has 1 rings (SSSR count). The highest BCUT2D eigenvalue weighted by Crippen LogP contribution is 2.18. The predicted octanol–water partition coefficient (Wildman–Crippen LogP) is 4.05. The summed E-state index contributed by atoms with van der Waals surface area (Å²) in [5, 5.41) is 9.60. The molecule has 0 unspecified atom stereocenters. The van der Waals surface area contributed by atoms with Crippen molar-refractivity contribution in [1.82, 2.24) is 0 Å². The monoisotopic (exact) mass is 246 g/mol. The summed E-state index contributed by atoms with van der Waals surface area (Å²) in [6.07, 6.45) is 10.5. The molecule has 0 spiro atoms. The van der Waals surface area contributed by atoms with E-state index < -0.39 is 0 Å². The fourth-order valence-electron chi connectivity index (χ4n) is 2.05. The van der Waals surface area contributed by atoms with E-state index in [2.05, 4.69) is 0 Å². The molecule has 2 nitrogen and oxygen atoms in total. The summed E-state index contributed by atoms with van der Waals surface area (Å²) in [5.74, 6) is 2.22. The van der Waals surface area contributed by atoms with Crippen LogP contribution in [0.25, 0.3) is 0 Å². The van der Waals surface area contributed by atoms with E-state index in [0.717, 1.165) is 31.2 Å². The van der Waals surface area contributed by atoms with Crippen molar-refractivity contribution in [2.75, 3.05) is 0 Å². The zero-order valence-corrected chi connectivity index (χ0v) is 10.9. The second-order valence-electron chi connectivity index (χ2n) is 4.61. The number of rotatable bonds is 9. The first kappa shape index (κ1) is 14.5. The van der Waals surface area contributed by atoms with Crippen LogP contribution in [-0.2, 0) is 11.2 Å². The molecule has 1 aromatic rings. The molecule has 1 N–H and O–H groups in total. The van der Waals surface area contributed by atoms with Crippen molar-refractivity contribution in [2.24, 2.45) is 0 Å². The SMILES string of the molecule is O=C=CCCCCCCCCc1ccccc1O. The minimum atomic E-state index is 0.415. The van der Waals surface area contributed by atoms with Crippen molar-refractivity contribution < 1.29 is 9.90 Å². The summed E-state index contributed by atoms with van der Waals surface area (Å²) >= 11 is 0. The summed E-state index contributed by atoms with van der Waals surface area (Å²) < 4.78 is 0. The van der Waals surface area contributed by atoms with Crippen molar-refractivity contribution in [3.05, 3.63) is 35.9 Å². The van der Waals surface area contributed by atoms with Crippen LogP contribution in [0.4, 0.5) is 0 Å². The van der Waals surface area contributed by atoms with Gasteiger partial charge in [0.05, 0.1) is 0 Å². The largest absolute Gasteiger partial charge is 0.508 e. The van der Waals surface area contributed by atoms with E-state index in [1.54, 1.807) is 18.1 Å². The fraction of sp³-hybridized carbons (Fsp3) is 0.500. The van der Waals surface area contributed by atoms with Gasteiger partial charge in [0.25, 0.3) is 0 Å². The Morgan fingerprint density at radius 1 is 1.00 bits per heavy atom. The first-order chi connectivity index (χ1) is 8.84. The van der Waals surface area contributed by atoms with E-state index in [4.69, 9.17) is 0 Å². The van der Waals surface area contributed by atoms with Crippen LogP contribution in [0, 0.1) is 0 Å². The number of benzene rings is 1. The number of phenolic OH excluding ortho intramolecular Hbond substituents is 1. The van der Waals surface area contributed by atoms with Gasteiger partial charge in [-0.25, -0.2) is 4.79 Å². The van der Waals surface area contributed by atoms with Crippen molar-refractivity contribution in [3.8, 4) is 5.75 Å². The number of carbonyl (C=O) groups excluding carboxylic acids is 1. The predicted molar refractivity (Wildman–Crippen MR) is 74.4 cm³/mol. The summed E-state index contributed by atoms with van der Waals surface area (Å²) in [5.41, 5.74) is 1.05. The Bertz CT molecular complexity index is 378. The van der Waals surface area contributed by atoms with Crippen molar-refractivity contribution >= 4 is 5.94 Å². The molecule has 0 atom stereocenters. The Kier molecular flexibility index (Phi) is 7.66. The van der Waals surface area contributed by atoms with Crippen LogP contribution >= 0.6 is 0 Å². The smallest absolute Gasteiger partial charge is 0.120 e. The highest BCUT2D eigenvalue weighted by Gasteiger charge is 1.98. The Hall–Kier alpha value is -1.53. The van der Waals surface area contributed by atoms with Crippen molar-refractivity contribution in [1.29, 1.82) is 0 Å². The normalized spacial score (nSPS) is 10.0. The van der Waals surface area contributed by atoms with Crippen molar-refractivity contribution in [3.63, 3.8) is 0 Å². The van der Waals surface area contributed by atoms with Gasteiger partial charge in [0.1, 0.15) is 11.7 Å². The Morgan fingerprint density at radius 3 is 2.39 bits per heavy atom. The number of unbranched alkanes of at least 4 members (excludes halogenated alkanes) is 6. The standard InChI is InChI=1S/C16H22O2/c17-14-10-6-4-2-1-3-5-7-11-15-12-8-9-13-16(15)18/h8-10,12-13,18H,1-7,11H2. The minimum absolute atomic E-state index is 0.415. The molecule has 0 bridgehead atoms. The van der Waals surface area contributed by atoms with Crippen LogP contribution in [0.2, 0.25) is 0 Å². The molecule has 0 aliphatic carbocycles. The molecule has 0 fully saturated rings. The highest BCUT2D eigenvalue weighted by atomic mass is 16.3. The molecule has 0 saturated heterocycles. The summed E-state index contributed by atoms with van der Waals surface area (Å²) in [6, 6.07) is 7.55. The van der Waals surface area contributed by atoms with E-state index in [1.807, 2.05) is 18.2 Å². The maximum Gasteiger partial charge on any atom is 0.120 e. The highest BCUT2D eigenvalue weighted by molar-refractivity contribution is 5.44. The molecule has 0 aromatic heterocycles. The molecule has 0 amide bonds. The quantitative estimate of drug-likeness (QED) is 0.527. The molecule has 18 heavy (non-hydrogen) atoms. The fourth-order valence-corrected chi connectivity index (χ4v) is 2.05. The van der Waals surface area contributed by atoms with E-state index in [0.29, 0.717) is 5.75 Å². The lowest BCUT2D eigenvalue weighted by Crippen LogP contribution is -1.87. The maximum atomic E-state index is 9.94. The molecular formula is C16H22O2. The van der Waals surface area contributed by atoms with E-state index in [1.165, 1.54) is 25.7 Å². The average molecular weight is 246 g/mol. The van der Waals surface area contributed by atoms with Crippen LogP contribution < -0.4 is 0 Å². The van der Waals surface area contributed by atoms with Crippen LogP contribution in [0.5, 0.6) is 5.75 Å². The topological polar surface area (TPSA) is 37.3 Å². The van der Waals surface area contributed by atoms with Gasteiger partial charge in [0.15, 0.2) is 0 Å². The average Bonchev–Trinajstić information content (AvgIpc) is 2.39. The number of hydrogen-bond acceptors (Lipinski definition) is 2. The third-order valence-electron chi connectivity index (χ3n) is 3.12. The van der Waals surface area contributed by atoms with Gasteiger partial charge in [-0.15, -0.1) is 0 Å². The molecule has 0 saturated carbocycles. The molecule has 0 heterocycles. The van der Waals surface area contributed by atoms with E-state index >= 15 is 0 Å². The van der Waals surface area contributed by atoms with Gasteiger partial charge in [0, 0.05) is 0 Å². The molecule has 0 radical (unpaired) electrons. The van der Waals surface area contributed by atoms with Crippen molar-refractivity contribution in [2.45, 2.75) is 51.4 Å². The molecule has 1 aromatic carbocycles. The lowest BCUT2D eigenvalue weighted by atomic mass is 10.0. The third kappa shape index (κ3) is 6.27. The van der Waals surface area contributed by atoms with Gasteiger partial charge in [-0.1, -0.05) is 43.9 Å². The van der Waals surface area contributed by atoms with Gasteiger partial charge >= 0.3 is 0 Å².